The van der Waals surface area contributed by atoms with Crippen LogP contribution < -0.4 is 0 Å². The zero-order valence-electron chi connectivity index (χ0n) is 22.9. The summed E-state index contributed by atoms with van der Waals surface area (Å²) in [4.78, 5) is 14.5. The van der Waals surface area contributed by atoms with Crippen LogP contribution in [-0.2, 0) is 26.6 Å². The van der Waals surface area contributed by atoms with E-state index in [-0.39, 0.29) is 35.4 Å². The van der Waals surface area contributed by atoms with Gasteiger partial charge in [0, 0.05) is 19.0 Å². The van der Waals surface area contributed by atoms with E-state index in [9.17, 15) is 35.5 Å². The highest BCUT2D eigenvalue weighted by Crippen LogP contribution is 2.45. The Kier molecular flexibility index (Phi) is 9.68. The van der Waals surface area contributed by atoms with Crippen molar-refractivity contribution in [1.29, 1.82) is 0 Å². The Morgan fingerprint density at radius 3 is 2.20 bits per heavy atom. The van der Waals surface area contributed by atoms with Crippen LogP contribution in [0.1, 0.15) is 73.8 Å². The molecule has 5 unspecified atom stereocenters. The van der Waals surface area contributed by atoms with Gasteiger partial charge in [-0.25, -0.2) is 4.39 Å². The second kappa shape index (κ2) is 12.7. The van der Waals surface area contributed by atoms with Gasteiger partial charge in [0.15, 0.2) is 0 Å². The average Bonchev–Trinajstić information content (AvgIpc) is 3.29. The molecule has 2 fully saturated rings. The molecule has 2 aliphatic rings. The van der Waals surface area contributed by atoms with Gasteiger partial charge >= 0.3 is 18.3 Å². The third kappa shape index (κ3) is 7.80. The van der Waals surface area contributed by atoms with Crippen LogP contribution in [-0.4, -0.2) is 43.2 Å². The van der Waals surface area contributed by atoms with E-state index in [0.29, 0.717) is 44.7 Å². The van der Waals surface area contributed by atoms with E-state index >= 15 is 0 Å². The SMILES string of the molecule is CCOC(=O)C1CCCN(CC2CCC(OC(C)c3cc(C(F)(F)F)cc(C(F)(F)F)c3)C2c2ccc(F)cc2)C1. The predicted molar refractivity (Wildman–Crippen MR) is 137 cm³/mol. The molecule has 1 saturated heterocycles. The molecule has 41 heavy (non-hydrogen) atoms. The number of ether oxygens (including phenoxy) is 2. The van der Waals surface area contributed by atoms with Gasteiger partial charge in [-0.3, -0.25) is 4.79 Å². The van der Waals surface area contributed by atoms with Crippen LogP contribution in [0.25, 0.3) is 0 Å². The quantitative estimate of drug-likeness (QED) is 0.233. The van der Waals surface area contributed by atoms with Gasteiger partial charge in [0.1, 0.15) is 5.82 Å². The van der Waals surface area contributed by atoms with Crippen LogP contribution in [0.4, 0.5) is 30.7 Å². The Hall–Kier alpha value is -2.66. The highest BCUT2D eigenvalue weighted by atomic mass is 19.4. The van der Waals surface area contributed by atoms with Gasteiger partial charge in [-0.2, -0.15) is 26.3 Å². The fourth-order valence-corrected chi connectivity index (χ4v) is 6.13. The molecule has 4 rings (SSSR count). The molecule has 2 aromatic rings. The second-order valence-electron chi connectivity index (χ2n) is 10.9. The Morgan fingerprint density at radius 2 is 1.61 bits per heavy atom. The Bertz CT molecular complexity index is 1150. The molecule has 0 amide bonds. The molecule has 4 nitrogen and oxygen atoms in total. The lowest BCUT2D eigenvalue weighted by Crippen LogP contribution is -2.42. The van der Waals surface area contributed by atoms with E-state index in [0.717, 1.165) is 24.9 Å². The minimum atomic E-state index is -4.96. The van der Waals surface area contributed by atoms with E-state index in [4.69, 9.17) is 9.47 Å². The van der Waals surface area contributed by atoms with E-state index in [1.165, 1.54) is 19.1 Å². The zero-order valence-corrected chi connectivity index (χ0v) is 22.9. The van der Waals surface area contributed by atoms with Crippen LogP contribution in [0.5, 0.6) is 0 Å². The molecule has 226 valence electrons. The van der Waals surface area contributed by atoms with Crippen molar-refractivity contribution in [2.24, 2.45) is 11.8 Å². The highest BCUT2D eigenvalue weighted by molar-refractivity contribution is 5.72. The molecule has 1 aliphatic heterocycles. The molecule has 1 aliphatic carbocycles. The maximum absolute atomic E-state index is 13.8. The van der Waals surface area contributed by atoms with Gasteiger partial charge in [0.05, 0.1) is 35.9 Å². The number of hydrogen-bond acceptors (Lipinski definition) is 4. The number of piperidine rings is 1. The summed E-state index contributed by atoms with van der Waals surface area (Å²) in [5.74, 6) is -1.14. The van der Waals surface area contributed by atoms with Crippen molar-refractivity contribution in [3.63, 3.8) is 0 Å². The van der Waals surface area contributed by atoms with Crippen LogP contribution in [0, 0.1) is 17.7 Å². The number of nitrogens with zero attached hydrogens (tertiary/aromatic N) is 1. The van der Waals surface area contributed by atoms with Crippen molar-refractivity contribution in [2.75, 3.05) is 26.2 Å². The Morgan fingerprint density at radius 1 is 0.976 bits per heavy atom. The van der Waals surface area contributed by atoms with Crippen molar-refractivity contribution in [3.05, 3.63) is 70.5 Å². The van der Waals surface area contributed by atoms with E-state index < -0.39 is 41.5 Å². The maximum Gasteiger partial charge on any atom is 0.416 e. The summed E-state index contributed by atoms with van der Waals surface area (Å²) in [5, 5.41) is 0. The molecule has 2 aromatic carbocycles. The number of alkyl halides is 6. The summed E-state index contributed by atoms with van der Waals surface area (Å²) in [5.41, 5.74) is -2.22. The fraction of sp³-hybridized carbons (Fsp3) is 0.567. The van der Waals surface area contributed by atoms with Crippen LogP contribution >= 0.6 is 0 Å². The molecule has 11 heteroatoms. The van der Waals surface area contributed by atoms with Crippen LogP contribution in [0.15, 0.2) is 42.5 Å². The molecular formula is C30H34F7NO3. The van der Waals surface area contributed by atoms with Gasteiger partial charge in [0.2, 0.25) is 0 Å². The Labute approximate surface area is 234 Å². The van der Waals surface area contributed by atoms with Crippen molar-refractivity contribution < 1.29 is 45.0 Å². The van der Waals surface area contributed by atoms with Crippen molar-refractivity contribution in [3.8, 4) is 0 Å². The zero-order chi connectivity index (χ0) is 29.9. The summed E-state index contributed by atoms with van der Waals surface area (Å²) in [6.45, 7) is 5.45. The van der Waals surface area contributed by atoms with E-state index in [1.807, 2.05) is 0 Å². The molecule has 0 spiro atoms. The topological polar surface area (TPSA) is 38.8 Å². The minimum Gasteiger partial charge on any atom is -0.466 e. The lowest BCUT2D eigenvalue weighted by atomic mass is 9.86. The minimum absolute atomic E-state index is 0.0193. The fourth-order valence-electron chi connectivity index (χ4n) is 6.13. The van der Waals surface area contributed by atoms with Gasteiger partial charge in [0.25, 0.3) is 0 Å². The van der Waals surface area contributed by atoms with Crippen molar-refractivity contribution in [2.45, 2.75) is 70.0 Å². The first kappa shape index (κ1) is 31.3. The lowest BCUT2D eigenvalue weighted by molar-refractivity contribution is -0.150. The summed E-state index contributed by atoms with van der Waals surface area (Å²) in [7, 11) is 0. The molecular weight excluding hydrogens is 555 g/mol. The summed E-state index contributed by atoms with van der Waals surface area (Å²) in [6.07, 6.45) is -8.72. The molecule has 0 N–H and O–H groups in total. The van der Waals surface area contributed by atoms with Gasteiger partial charge < -0.3 is 14.4 Å². The van der Waals surface area contributed by atoms with Crippen molar-refractivity contribution >= 4 is 5.97 Å². The number of esters is 1. The maximum atomic E-state index is 13.8. The average molecular weight is 590 g/mol. The number of hydrogen-bond donors (Lipinski definition) is 0. The lowest BCUT2D eigenvalue weighted by Gasteiger charge is -2.35. The number of carbonyl (C=O) groups excluding carboxylic acids is 1. The van der Waals surface area contributed by atoms with Crippen LogP contribution in [0.2, 0.25) is 0 Å². The van der Waals surface area contributed by atoms with E-state index in [2.05, 4.69) is 4.90 Å². The third-order valence-electron chi connectivity index (χ3n) is 8.06. The highest BCUT2D eigenvalue weighted by Gasteiger charge is 2.42. The monoisotopic (exact) mass is 589 g/mol. The van der Waals surface area contributed by atoms with Gasteiger partial charge in [-0.05, 0) is 93.5 Å². The summed E-state index contributed by atoms with van der Waals surface area (Å²) < 4.78 is 106. The number of likely N-dealkylation sites (tertiary alicyclic amines) is 1. The summed E-state index contributed by atoms with van der Waals surface area (Å²) in [6, 6.07) is 7.43. The number of carbonyl (C=O) groups is 1. The smallest absolute Gasteiger partial charge is 0.416 e. The number of rotatable bonds is 8. The van der Waals surface area contributed by atoms with E-state index in [1.54, 1.807) is 19.1 Å². The van der Waals surface area contributed by atoms with Crippen LogP contribution in [0.3, 0.4) is 0 Å². The Balaban J connectivity index is 1.57. The first-order valence-electron chi connectivity index (χ1n) is 13.9. The molecule has 1 heterocycles. The summed E-state index contributed by atoms with van der Waals surface area (Å²) >= 11 is 0. The first-order chi connectivity index (χ1) is 19.3. The molecule has 1 saturated carbocycles. The molecule has 0 radical (unpaired) electrons. The predicted octanol–water partition coefficient (Wildman–Crippen LogP) is 7.78. The molecule has 5 atom stereocenters. The molecule has 0 aromatic heterocycles. The normalized spacial score (nSPS) is 24.8. The van der Waals surface area contributed by atoms with Gasteiger partial charge in [-0.15, -0.1) is 0 Å². The second-order valence-corrected chi connectivity index (χ2v) is 10.9. The first-order valence-corrected chi connectivity index (χ1v) is 13.9. The largest absolute Gasteiger partial charge is 0.466 e. The standard InChI is InChI=1S/C30H34F7NO3/c1-3-40-28(39)21-5-4-12-38(17-21)16-20-8-11-26(27(20)19-6-9-25(31)10-7-19)41-18(2)22-13-23(29(32,33)34)15-24(14-22)30(35,36)37/h6-7,9-10,13-15,18,20-21,26-27H,3-5,8,11-12,16-17H2,1-2H3. The number of benzene rings is 2. The van der Waals surface area contributed by atoms with Crippen molar-refractivity contribution in [1.82, 2.24) is 4.90 Å². The molecule has 0 bridgehead atoms. The number of halogens is 7. The van der Waals surface area contributed by atoms with Gasteiger partial charge in [-0.1, -0.05) is 12.1 Å². The third-order valence-corrected chi connectivity index (χ3v) is 8.06.